The highest BCUT2D eigenvalue weighted by atomic mass is 35.5. The minimum atomic E-state index is -0.383. The van der Waals surface area contributed by atoms with Gasteiger partial charge in [0.15, 0.2) is 0 Å². The molecule has 0 saturated heterocycles. The molecule has 6 heteroatoms. The van der Waals surface area contributed by atoms with Crippen molar-refractivity contribution in [1.82, 2.24) is 0 Å². The van der Waals surface area contributed by atoms with Gasteiger partial charge in [0.1, 0.15) is 0 Å². The third kappa shape index (κ3) is 2.70. The number of non-ortho nitro benzene ring substituents is 1. The number of nitro groups is 1. The number of rotatable bonds is 2. The first-order chi connectivity index (χ1) is 12.0. The number of allylic oxidation sites excluding steroid dienone is 2. The van der Waals surface area contributed by atoms with Gasteiger partial charge in [-0.1, -0.05) is 35.4 Å². The molecule has 1 aliphatic carbocycles. The van der Waals surface area contributed by atoms with Gasteiger partial charge in [0.25, 0.3) is 5.69 Å². The van der Waals surface area contributed by atoms with Crippen molar-refractivity contribution in [2.45, 2.75) is 25.3 Å². The Balaban J connectivity index is 1.85. The zero-order valence-electron chi connectivity index (χ0n) is 13.5. The van der Waals surface area contributed by atoms with Crippen LogP contribution < -0.4 is 5.32 Å². The number of benzene rings is 2. The summed E-state index contributed by atoms with van der Waals surface area (Å²) < 4.78 is 0. The quantitative estimate of drug-likeness (QED) is 0.396. The van der Waals surface area contributed by atoms with Crippen LogP contribution >= 0.6 is 23.2 Å². The van der Waals surface area contributed by atoms with Gasteiger partial charge < -0.3 is 5.32 Å². The summed E-state index contributed by atoms with van der Waals surface area (Å²) >= 11 is 12.7. The first-order valence-electron chi connectivity index (χ1n) is 8.13. The molecule has 0 fully saturated rings. The van der Waals surface area contributed by atoms with Crippen LogP contribution in [0.5, 0.6) is 0 Å². The smallest absolute Gasteiger partial charge is 0.269 e. The number of nitrogens with zero attached hydrogens (tertiary/aromatic N) is 1. The van der Waals surface area contributed by atoms with Crippen molar-refractivity contribution in [2.24, 2.45) is 5.92 Å². The highest BCUT2D eigenvalue weighted by molar-refractivity contribution is 6.31. The lowest BCUT2D eigenvalue weighted by atomic mass is 9.76. The topological polar surface area (TPSA) is 55.2 Å². The second-order valence-corrected chi connectivity index (χ2v) is 7.47. The van der Waals surface area contributed by atoms with E-state index in [0.29, 0.717) is 5.02 Å². The first kappa shape index (κ1) is 16.4. The van der Waals surface area contributed by atoms with Crippen molar-refractivity contribution in [3.05, 3.63) is 79.3 Å². The van der Waals surface area contributed by atoms with Gasteiger partial charge in [0.2, 0.25) is 0 Å². The summed E-state index contributed by atoms with van der Waals surface area (Å²) in [5.41, 5.74) is 4.12. The van der Waals surface area contributed by atoms with E-state index < -0.39 is 0 Å². The molecule has 3 atom stereocenters. The minimum Gasteiger partial charge on any atom is -0.377 e. The summed E-state index contributed by atoms with van der Waals surface area (Å²) in [6, 6.07) is 8.50. The number of anilines is 1. The Morgan fingerprint density at radius 1 is 1.20 bits per heavy atom. The molecule has 4 rings (SSSR count). The molecule has 1 aliphatic heterocycles. The number of hydrogen-bond acceptors (Lipinski definition) is 3. The van der Waals surface area contributed by atoms with Gasteiger partial charge >= 0.3 is 0 Å². The molecule has 2 aromatic carbocycles. The monoisotopic (exact) mass is 374 g/mol. The molecule has 2 aliphatic rings. The molecular weight excluding hydrogens is 359 g/mol. The fraction of sp³-hybridized carbons (Fsp3) is 0.263. The molecule has 0 aromatic heterocycles. The Labute approximate surface area is 155 Å². The molecular formula is C19H16Cl2N2O2. The highest BCUT2D eigenvalue weighted by Crippen LogP contribution is 2.52. The van der Waals surface area contributed by atoms with E-state index in [1.165, 1.54) is 11.6 Å². The molecule has 0 saturated carbocycles. The van der Waals surface area contributed by atoms with E-state index in [1.807, 2.05) is 19.1 Å². The van der Waals surface area contributed by atoms with Crippen molar-refractivity contribution in [2.75, 3.05) is 5.32 Å². The van der Waals surface area contributed by atoms with Crippen LogP contribution in [-0.2, 0) is 0 Å². The van der Waals surface area contributed by atoms with Gasteiger partial charge in [-0.15, -0.1) is 0 Å². The standard InChI is InChI=1S/C19H16Cl2N2O2/c1-10-7-11(20)8-15-13-3-2-4-14(13)19(22-18(10)15)16-9-12(23(24)25)5-6-17(16)21/h2-3,5-9,13-14,19,22H,4H2,1H3/t13-,14+,19+/m1/s1. The average molecular weight is 375 g/mol. The largest absolute Gasteiger partial charge is 0.377 e. The molecule has 2 aromatic rings. The fourth-order valence-corrected chi connectivity index (χ4v) is 4.55. The number of halogens is 2. The van der Waals surface area contributed by atoms with Gasteiger partial charge in [-0.2, -0.15) is 0 Å². The molecule has 1 heterocycles. The summed E-state index contributed by atoms with van der Waals surface area (Å²) in [6.45, 7) is 2.02. The Kier molecular flexibility index (Phi) is 3.97. The van der Waals surface area contributed by atoms with Gasteiger partial charge in [-0.05, 0) is 48.6 Å². The molecule has 4 nitrogen and oxygen atoms in total. The van der Waals surface area contributed by atoms with Crippen LogP contribution in [0.1, 0.15) is 35.1 Å². The molecule has 0 bridgehead atoms. The molecule has 0 spiro atoms. The second kappa shape index (κ2) is 6.04. The van der Waals surface area contributed by atoms with Crippen LogP contribution in [0.15, 0.2) is 42.5 Å². The predicted octanol–water partition coefficient (Wildman–Crippen LogP) is 6.04. The summed E-state index contributed by atoms with van der Waals surface area (Å²) in [7, 11) is 0. The van der Waals surface area contributed by atoms with Crippen molar-refractivity contribution in [3.8, 4) is 0 Å². The van der Waals surface area contributed by atoms with E-state index in [4.69, 9.17) is 23.2 Å². The second-order valence-electron chi connectivity index (χ2n) is 6.63. The molecule has 0 amide bonds. The van der Waals surface area contributed by atoms with Crippen LogP contribution in [0.3, 0.4) is 0 Å². The maximum Gasteiger partial charge on any atom is 0.269 e. The fourth-order valence-electron chi connectivity index (χ4n) is 4.03. The number of fused-ring (bicyclic) bond motifs is 3. The third-order valence-corrected chi connectivity index (χ3v) is 5.72. The molecule has 1 N–H and O–H groups in total. The van der Waals surface area contributed by atoms with Gasteiger partial charge in [-0.3, -0.25) is 10.1 Å². The Hall–Kier alpha value is -2.04. The summed E-state index contributed by atoms with van der Waals surface area (Å²) in [4.78, 5) is 10.8. The lowest BCUT2D eigenvalue weighted by Gasteiger charge is -2.38. The summed E-state index contributed by atoms with van der Waals surface area (Å²) in [6.07, 6.45) is 5.27. The Morgan fingerprint density at radius 2 is 2.00 bits per heavy atom. The van der Waals surface area contributed by atoms with Crippen LogP contribution in [0.4, 0.5) is 11.4 Å². The zero-order valence-corrected chi connectivity index (χ0v) is 15.0. The molecule has 25 heavy (non-hydrogen) atoms. The SMILES string of the molecule is Cc1cc(Cl)cc2c1N[C@H](c1cc([N+](=O)[O-])ccc1Cl)[C@H]1CC=C[C@@H]21. The van der Waals surface area contributed by atoms with Crippen molar-refractivity contribution in [3.63, 3.8) is 0 Å². The van der Waals surface area contributed by atoms with Gasteiger partial charge in [0.05, 0.1) is 11.0 Å². The highest BCUT2D eigenvalue weighted by Gasteiger charge is 2.39. The van der Waals surface area contributed by atoms with Crippen molar-refractivity contribution >= 4 is 34.6 Å². The van der Waals surface area contributed by atoms with Crippen LogP contribution in [-0.4, -0.2) is 4.92 Å². The van der Waals surface area contributed by atoms with Crippen LogP contribution in [0.2, 0.25) is 10.0 Å². The van der Waals surface area contributed by atoms with Gasteiger partial charge in [-0.25, -0.2) is 0 Å². The van der Waals surface area contributed by atoms with Crippen LogP contribution in [0, 0.1) is 23.0 Å². The van der Waals surface area contributed by atoms with E-state index >= 15 is 0 Å². The van der Waals surface area contributed by atoms with E-state index in [2.05, 4.69) is 17.5 Å². The third-order valence-electron chi connectivity index (χ3n) is 5.16. The number of aryl methyl sites for hydroxylation is 1. The van der Waals surface area contributed by atoms with E-state index in [-0.39, 0.29) is 28.5 Å². The first-order valence-corrected chi connectivity index (χ1v) is 8.88. The van der Waals surface area contributed by atoms with Crippen LogP contribution in [0.25, 0.3) is 0 Å². The lowest BCUT2D eigenvalue weighted by Crippen LogP contribution is -2.29. The van der Waals surface area contributed by atoms with Crippen molar-refractivity contribution in [1.29, 1.82) is 0 Å². The normalized spacial score (nSPS) is 23.7. The predicted molar refractivity (Wildman–Crippen MR) is 101 cm³/mol. The Morgan fingerprint density at radius 3 is 2.76 bits per heavy atom. The van der Waals surface area contributed by atoms with E-state index in [0.717, 1.165) is 28.3 Å². The summed E-state index contributed by atoms with van der Waals surface area (Å²) in [5, 5.41) is 16.0. The maximum atomic E-state index is 11.2. The molecule has 0 unspecified atom stereocenters. The van der Waals surface area contributed by atoms with Crippen molar-refractivity contribution < 1.29 is 4.92 Å². The zero-order chi connectivity index (χ0) is 17.7. The molecule has 0 radical (unpaired) electrons. The lowest BCUT2D eigenvalue weighted by molar-refractivity contribution is -0.384. The maximum absolute atomic E-state index is 11.2. The molecule has 128 valence electrons. The van der Waals surface area contributed by atoms with Gasteiger partial charge in [0, 0.05) is 39.3 Å². The van der Waals surface area contributed by atoms with E-state index in [9.17, 15) is 10.1 Å². The average Bonchev–Trinajstić information content (AvgIpc) is 3.05. The minimum absolute atomic E-state index is 0.0577. The van der Waals surface area contributed by atoms with E-state index in [1.54, 1.807) is 12.1 Å². The number of hydrogen-bond donors (Lipinski definition) is 1. The number of nitro benzene ring substituents is 1. The Bertz CT molecular complexity index is 911. The number of nitrogens with one attached hydrogen (secondary N) is 1. The summed E-state index contributed by atoms with van der Waals surface area (Å²) in [5.74, 6) is 0.485.